The van der Waals surface area contributed by atoms with Crippen LogP contribution in [0.4, 0.5) is 0 Å². The zero-order chi connectivity index (χ0) is 20.1. The monoisotopic (exact) mass is 427 g/mol. The third kappa shape index (κ3) is 4.79. The zero-order valence-corrected chi connectivity index (χ0v) is 18.1. The van der Waals surface area contributed by atoms with E-state index in [9.17, 15) is 5.11 Å². The Hall–Kier alpha value is -2.38. The van der Waals surface area contributed by atoms with Crippen molar-refractivity contribution in [3.63, 3.8) is 0 Å². The van der Waals surface area contributed by atoms with Crippen LogP contribution in [0, 0.1) is 0 Å². The number of benzene rings is 1. The third-order valence-electron chi connectivity index (χ3n) is 4.95. The Labute approximate surface area is 178 Å². The van der Waals surface area contributed by atoms with Crippen molar-refractivity contribution in [1.82, 2.24) is 4.68 Å². The van der Waals surface area contributed by atoms with Crippen molar-refractivity contribution in [3.8, 4) is 22.1 Å². The Morgan fingerprint density at radius 3 is 2.79 bits per heavy atom. The van der Waals surface area contributed by atoms with Crippen LogP contribution < -0.4 is 9.54 Å². The van der Waals surface area contributed by atoms with Crippen LogP contribution >= 0.6 is 22.7 Å². The van der Waals surface area contributed by atoms with Gasteiger partial charge in [0.05, 0.1) is 29.4 Å². The van der Waals surface area contributed by atoms with Crippen molar-refractivity contribution < 1.29 is 9.84 Å². The molecule has 1 aromatic carbocycles. The number of aromatic hydroxyl groups is 1. The number of hydrogen-bond acceptors (Lipinski definition) is 6. The maximum absolute atomic E-state index is 10.3. The molecular weight excluding hydrogens is 402 g/mol. The van der Waals surface area contributed by atoms with Gasteiger partial charge in [-0.25, -0.2) is 4.68 Å². The molecular formula is C22H25N3O2S2. The summed E-state index contributed by atoms with van der Waals surface area (Å²) in [5, 5.41) is 19.2. The van der Waals surface area contributed by atoms with Gasteiger partial charge >= 0.3 is 0 Å². The molecule has 152 valence electrons. The molecule has 1 N–H and O–H groups in total. The molecule has 3 aromatic rings. The largest absolute Gasteiger partial charge is 0.507 e. The van der Waals surface area contributed by atoms with E-state index in [-0.39, 0.29) is 5.75 Å². The van der Waals surface area contributed by atoms with Crippen molar-refractivity contribution in [1.29, 1.82) is 0 Å². The summed E-state index contributed by atoms with van der Waals surface area (Å²) >= 11 is 3.31. The van der Waals surface area contributed by atoms with Gasteiger partial charge in [-0.15, -0.1) is 22.7 Å². The minimum Gasteiger partial charge on any atom is -0.507 e. The molecule has 0 aliphatic heterocycles. The van der Waals surface area contributed by atoms with Gasteiger partial charge in [0.1, 0.15) is 11.5 Å². The van der Waals surface area contributed by atoms with Gasteiger partial charge in [-0.05, 0) is 43.3 Å². The van der Waals surface area contributed by atoms with Gasteiger partial charge in [-0.3, -0.25) is 4.99 Å². The SMILES string of the molecule is CCOc1ccc(C=Nn2c(-c3cccs3)csc2=NC2CCCCC2)c(O)c1. The van der Waals surface area contributed by atoms with Crippen LogP contribution in [0.1, 0.15) is 44.6 Å². The van der Waals surface area contributed by atoms with Crippen LogP contribution in [0.25, 0.3) is 10.6 Å². The van der Waals surface area contributed by atoms with Crippen molar-refractivity contribution in [3.05, 3.63) is 51.5 Å². The quantitative estimate of drug-likeness (QED) is 0.528. The van der Waals surface area contributed by atoms with Crippen LogP contribution in [-0.4, -0.2) is 28.6 Å². The first-order chi connectivity index (χ1) is 14.2. The highest BCUT2D eigenvalue weighted by Gasteiger charge is 2.14. The molecule has 0 radical (unpaired) electrons. The summed E-state index contributed by atoms with van der Waals surface area (Å²) in [6.45, 7) is 2.48. The zero-order valence-electron chi connectivity index (χ0n) is 16.5. The molecule has 2 heterocycles. The summed E-state index contributed by atoms with van der Waals surface area (Å²) in [7, 11) is 0. The average Bonchev–Trinajstić information content (AvgIpc) is 3.38. The van der Waals surface area contributed by atoms with Gasteiger partial charge < -0.3 is 9.84 Å². The Balaban J connectivity index is 1.70. The van der Waals surface area contributed by atoms with Gasteiger partial charge in [0, 0.05) is 17.0 Å². The van der Waals surface area contributed by atoms with Crippen molar-refractivity contribution >= 4 is 28.9 Å². The highest BCUT2D eigenvalue weighted by Crippen LogP contribution is 2.27. The maximum Gasteiger partial charge on any atom is 0.206 e. The Morgan fingerprint density at radius 2 is 2.07 bits per heavy atom. The molecule has 4 rings (SSSR count). The summed E-state index contributed by atoms with van der Waals surface area (Å²) in [5.41, 5.74) is 1.68. The van der Waals surface area contributed by atoms with E-state index in [1.54, 1.807) is 35.0 Å². The normalized spacial score (nSPS) is 16.0. The van der Waals surface area contributed by atoms with Crippen molar-refractivity contribution in [2.45, 2.75) is 45.1 Å². The fourth-order valence-electron chi connectivity index (χ4n) is 3.47. The lowest BCUT2D eigenvalue weighted by Gasteiger charge is -2.16. The number of ether oxygens (including phenoxy) is 1. The number of thiazole rings is 1. The first-order valence-corrected chi connectivity index (χ1v) is 11.8. The summed E-state index contributed by atoms with van der Waals surface area (Å²) in [5.74, 6) is 0.802. The fraction of sp³-hybridized carbons (Fsp3) is 0.364. The molecule has 5 nitrogen and oxygen atoms in total. The lowest BCUT2D eigenvalue weighted by atomic mass is 9.96. The topological polar surface area (TPSA) is 59.1 Å². The van der Waals surface area contributed by atoms with Crippen LogP contribution in [0.2, 0.25) is 0 Å². The second-order valence-electron chi connectivity index (χ2n) is 7.01. The van der Waals surface area contributed by atoms with E-state index in [0.29, 0.717) is 24.0 Å². The number of nitrogens with zero attached hydrogens (tertiary/aromatic N) is 3. The predicted octanol–water partition coefficient (Wildman–Crippen LogP) is 5.50. The Kier molecular flexibility index (Phi) is 6.46. The van der Waals surface area contributed by atoms with E-state index in [4.69, 9.17) is 14.8 Å². The lowest BCUT2D eigenvalue weighted by Crippen LogP contribution is -2.18. The van der Waals surface area contributed by atoms with Gasteiger partial charge in [0.25, 0.3) is 0 Å². The minimum atomic E-state index is 0.152. The highest BCUT2D eigenvalue weighted by molar-refractivity contribution is 7.14. The molecule has 0 spiro atoms. The summed E-state index contributed by atoms with van der Waals surface area (Å²) in [6, 6.07) is 9.80. The van der Waals surface area contributed by atoms with Crippen LogP contribution in [-0.2, 0) is 0 Å². The van der Waals surface area contributed by atoms with Gasteiger partial charge in [0.15, 0.2) is 0 Å². The summed E-state index contributed by atoms with van der Waals surface area (Å²) in [6.07, 6.45) is 7.80. The second kappa shape index (κ2) is 9.41. The molecule has 0 saturated heterocycles. The number of hydrogen-bond donors (Lipinski definition) is 1. The molecule has 0 unspecified atom stereocenters. The molecule has 1 fully saturated rings. The van der Waals surface area contributed by atoms with Crippen LogP contribution in [0.15, 0.2) is 51.2 Å². The standard InChI is InChI=1S/C22H25N3O2S2/c1-2-27-18-11-10-16(20(26)13-18)14-23-25-19(21-9-6-12-28-21)15-29-22(25)24-17-7-4-3-5-8-17/h6,9-15,17,26H,2-5,7-8H2,1H3. The molecule has 0 atom stereocenters. The van der Waals surface area contributed by atoms with Crippen molar-refractivity contribution in [2.24, 2.45) is 10.1 Å². The minimum absolute atomic E-state index is 0.152. The van der Waals surface area contributed by atoms with E-state index in [1.807, 2.05) is 29.8 Å². The number of thiophene rings is 1. The predicted molar refractivity (Wildman–Crippen MR) is 120 cm³/mol. The van der Waals surface area contributed by atoms with E-state index in [2.05, 4.69) is 16.8 Å². The number of rotatable bonds is 6. The lowest BCUT2D eigenvalue weighted by molar-refractivity contribution is 0.337. The smallest absolute Gasteiger partial charge is 0.206 e. The van der Waals surface area contributed by atoms with E-state index >= 15 is 0 Å². The van der Waals surface area contributed by atoms with E-state index in [1.165, 1.54) is 19.3 Å². The summed E-state index contributed by atoms with van der Waals surface area (Å²) < 4.78 is 7.35. The molecule has 1 saturated carbocycles. The van der Waals surface area contributed by atoms with Gasteiger partial charge in [-0.2, -0.15) is 5.10 Å². The second-order valence-corrected chi connectivity index (χ2v) is 8.80. The molecule has 2 aromatic heterocycles. The van der Waals surface area contributed by atoms with Crippen molar-refractivity contribution in [2.75, 3.05) is 6.61 Å². The number of phenols is 1. The number of phenolic OH excluding ortho intramolecular Hbond substituents is 1. The van der Waals surface area contributed by atoms with E-state index in [0.717, 1.165) is 28.2 Å². The van der Waals surface area contributed by atoms with Crippen LogP contribution in [0.5, 0.6) is 11.5 Å². The highest BCUT2D eigenvalue weighted by atomic mass is 32.1. The molecule has 0 amide bonds. The molecule has 7 heteroatoms. The molecule has 29 heavy (non-hydrogen) atoms. The first-order valence-electron chi connectivity index (χ1n) is 10.0. The molecule has 1 aliphatic carbocycles. The van der Waals surface area contributed by atoms with Crippen LogP contribution in [0.3, 0.4) is 0 Å². The average molecular weight is 428 g/mol. The summed E-state index contributed by atoms with van der Waals surface area (Å²) in [4.78, 5) is 7.07. The first kappa shape index (κ1) is 19.9. The van der Waals surface area contributed by atoms with Gasteiger partial charge in [0.2, 0.25) is 4.80 Å². The Morgan fingerprint density at radius 1 is 1.21 bits per heavy atom. The third-order valence-corrected chi connectivity index (χ3v) is 6.67. The fourth-order valence-corrected chi connectivity index (χ4v) is 5.17. The molecule has 1 aliphatic rings. The Bertz CT molecular complexity index is 1030. The molecule has 0 bridgehead atoms. The van der Waals surface area contributed by atoms with Gasteiger partial charge in [-0.1, -0.05) is 25.3 Å². The number of aromatic nitrogens is 1. The van der Waals surface area contributed by atoms with E-state index < -0.39 is 0 Å². The maximum atomic E-state index is 10.3.